The summed E-state index contributed by atoms with van der Waals surface area (Å²) in [6.45, 7) is 1.87. The zero-order chi connectivity index (χ0) is 13.9. The fourth-order valence-corrected chi connectivity index (χ4v) is 2.81. The van der Waals surface area contributed by atoms with Crippen molar-refractivity contribution in [3.05, 3.63) is 41.0 Å². The molecule has 0 saturated carbocycles. The molecule has 4 nitrogen and oxygen atoms in total. The molecular weight excluding hydrogens is 316 g/mol. The van der Waals surface area contributed by atoms with E-state index in [-0.39, 0.29) is 0 Å². The van der Waals surface area contributed by atoms with Crippen LogP contribution in [0, 0.1) is 0 Å². The molecule has 104 valence electrons. The highest BCUT2D eigenvalue weighted by Gasteiger charge is 2.18. The van der Waals surface area contributed by atoms with E-state index in [1.54, 1.807) is 0 Å². The van der Waals surface area contributed by atoms with Gasteiger partial charge >= 0.3 is 0 Å². The number of anilines is 1. The molecule has 1 aliphatic rings. The summed E-state index contributed by atoms with van der Waals surface area (Å²) in [6.07, 6.45) is 3.84. The summed E-state index contributed by atoms with van der Waals surface area (Å²) in [5.74, 6) is 0.800. The third kappa shape index (κ3) is 2.99. The number of piperidine rings is 1. The van der Waals surface area contributed by atoms with Crippen LogP contribution in [0.1, 0.15) is 12.8 Å². The Hall–Kier alpha value is -1.46. The number of aromatic nitrogens is 2. The van der Waals surface area contributed by atoms with Crippen LogP contribution in [-0.2, 0) is 0 Å². The molecule has 5 heteroatoms. The van der Waals surface area contributed by atoms with Gasteiger partial charge in [-0.2, -0.15) is 0 Å². The van der Waals surface area contributed by atoms with Crippen LogP contribution in [-0.4, -0.2) is 29.1 Å². The average Bonchev–Trinajstić information content (AvgIpc) is 2.48. The Labute approximate surface area is 127 Å². The first-order valence-corrected chi connectivity index (χ1v) is 7.61. The fraction of sp³-hybridized carbons (Fsp3) is 0.333. The molecule has 2 N–H and O–H groups in total. The average molecular weight is 333 g/mol. The number of hydrogen-bond acceptors (Lipinski definition) is 4. The summed E-state index contributed by atoms with van der Waals surface area (Å²) in [7, 11) is 0. The minimum atomic E-state index is 0.319. The topological polar surface area (TPSA) is 55.0 Å². The molecule has 3 rings (SSSR count). The van der Waals surface area contributed by atoms with Crippen molar-refractivity contribution in [1.82, 2.24) is 9.97 Å². The summed E-state index contributed by atoms with van der Waals surface area (Å²) in [4.78, 5) is 11.3. The van der Waals surface area contributed by atoms with Crippen molar-refractivity contribution in [1.29, 1.82) is 0 Å². The van der Waals surface area contributed by atoms with Gasteiger partial charge in [0.05, 0.1) is 5.69 Å². The Balaban J connectivity index is 1.86. The lowest BCUT2D eigenvalue weighted by Gasteiger charge is -2.30. The summed E-state index contributed by atoms with van der Waals surface area (Å²) in [5.41, 5.74) is 7.98. The van der Waals surface area contributed by atoms with Crippen LogP contribution in [0.2, 0.25) is 0 Å². The standard InChI is InChI=1S/C15H17BrN4/c16-12-3-1-2-11(10-12)14-4-7-18-15(19-14)20-8-5-13(17)6-9-20/h1-4,7,10,13H,5-6,8-9,17H2. The molecular formula is C15H17BrN4. The van der Waals surface area contributed by atoms with Gasteiger partial charge in [0.25, 0.3) is 0 Å². The largest absolute Gasteiger partial charge is 0.341 e. The molecule has 0 unspecified atom stereocenters. The first kappa shape index (κ1) is 13.5. The monoisotopic (exact) mass is 332 g/mol. The number of nitrogens with two attached hydrogens (primary N) is 1. The molecule has 1 aromatic heterocycles. The maximum atomic E-state index is 5.94. The van der Waals surface area contributed by atoms with Crippen LogP contribution in [0.5, 0.6) is 0 Å². The van der Waals surface area contributed by atoms with E-state index in [1.807, 2.05) is 24.4 Å². The normalized spacial score (nSPS) is 16.4. The number of halogens is 1. The number of nitrogens with zero attached hydrogens (tertiary/aromatic N) is 3. The predicted octanol–water partition coefficient (Wildman–Crippen LogP) is 2.83. The molecule has 20 heavy (non-hydrogen) atoms. The lowest BCUT2D eigenvalue weighted by molar-refractivity contribution is 0.495. The second-order valence-electron chi connectivity index (χ2n) is 5.08. The van der Waals surface area contributed by atoms with E-state index in [0.29, 0.717) is 6.04 Å². The maximum Gasteiger partial charge on any atom is 0.225 e. The highest BCUT2D eigenvalue weighted by atomic mass is 79.9. The molecule has 1 fully saturated rings. The lowest BCUT2D eigenvalue weighted by atomic mass is 10.1. The fourth-order valence-electron chi connectivity index (χ4n) is 2.41. The summed E-state index contributed by atoms with van der Waals surface area (Å²) < 4.78 is 1.05. The molecule has 0 amide bonds. The molecule has 2 aromatic rings. The van der Waals surface area contributed by atoms with Gasteiger partial charge in [-0.15, -0.1) is 0 Å². The number of hydrogen-bond donors (Lipinski definition) is 1. The second-order valence-corrected chi connectivity index (χ2v) is 5.99. The maximum absolute atomic E-state index is 5.94. The molecule has 2 heterocycles. The first-order chi connectivity index (χ1) is 9.72. The van der Waals surface area contributed by atoms with Crippen molar-refractivity contribution < 1.29 is 0 Å². The Morgan fingerprint density at radius 1 is 1.20 bits per heavy atom. The van der Waals surface area contributed by atoms with Gasteiger partial charge in [0.2, 0.25) is 5.95 Å². The Morgan fingerprint density at radius 3 is 2.75 bits per heavy atom. The van der Waals surface area contributed by atoms with Crippen molar-refractivity contribution in [3.8, 4) is 11.3 Å². The molecule has 1 aliphatic heterocycles. The van der Waals surface area contributed by atoms with Crippen molar-refractivity contribution in [2.24, 2.45) is 5.73 Å². The van der Waals surface area contributed by atoms with Crippen LogP contribution in [0.4, 0.5) is 5.95 Å². The second kappa shape index (κ2) is 5.89. The third-order valence-electron chi connectivity index (χ3n) is 3.59. The molecule has 0 atom stereocenters. The van der Waals surface area contributed by atoms with E-state index in [2.05, 4.69) is 42.9 Å². The molecule has 0 spiro atoms. The quantitative estimate of drug-likeness (QED) is 0.918. The van der Waals surface area contributed by atoms with E-state index in [9.17, 15) is 0 Å². The Kier molecular flexibility index (Phi) is 3.98. The summed E-state index contributed by atoms with van der Waals surface area (Å²) >= 11 is 3.49. The zero-order valence-corrected chi connectivity index (χ0v) is 12.8. The van der Waals surface area contributed by atoms with Crippen molar-refractivity contribution in [2.75, 3.05) is 18.0 Å². The van der Waals surface area contributed by atoms with E-state index < -0.39 is 0 Å². The van der Waals surface area contributed by atoms with Gasteiger partial charge in [0.15, 0.2) is 0 Å². The lowest BCUT2D eigenvalue weighted by Crippen LogP contribution is -2.40. The third-order valence-corrected chi connectivity index (χ3v) is 4.08. The van der Waals surface area contributed by atoms with Gasteiger partial charge in [0, 0.05) is 35.4 Å². The minimum Gasteiger partial charge on any atom is -0.341 e. The molecule has 0 radical (unpaired) electrons. The molecule has 1 saturated heterocycles. The van der Waals surface area contributed by atoms with Crippen LogP contribution in [0.25, 0.3) is 11.3 Å². The van der Waals surface area contributed by atoms with Gasteiger partial charge < -0.3 is 10.6 Å². The zero-order valence-electron chi connectivity index (χ0n) is 11.2. The molecule has 0 aliphatic carbocycles. The van der Waals surface area contributed by atoms with Crippen LogP contribution in [0.15, 0.2) is 41.0 Å². The van der Waals surface area contributed by atoms with Crippen LogP contribution in [0.3, 0.4) is 0 Å². The van der Waals surface area contributed by atoms with Crippen molar-refractivity contribution >= 4 is 21.9 Å². The number of rotatable bonds is 2. The SMILES string of the molecule is NC1CCN(c2nccc(-c3cccc(Br)c3)n2)CC1. The van der Waals surface area contributed by atoms with Gasteiger partial charge in [-0.1, -0.05) is 28.1 Å². The van der Waals surface area contributed by atoms with Gasteiger partial charge in [-0.3, -0.25) is 0 Å². The van der Waals surface area contributed by atoms with Crippen molar-refractivity contribution in [3.63, 3.8) is 0 Å². The first-order valence-electron chi connectivity index (χ1n) is 6.82. The summed E-state index contributed by atoms with van der Waals surface area (Å²) in [6, 6.07) is 10.4. The van der Waals surface area contributed by atoms with E-state index in [1.165, 1.54) is 0 Å². The van der Waals surface area contributed by atoms with E-state index in [4.69, 9.17) is 5.73 Å². The Morgan fingerprint density at radius 2 is 2.00 bits per heavy atom. The van der Waals surface area contributed by atoms with Gasteiger partial charge in [-0.25, -0.2) is 9.97 Å². The minimum absolute atomic E-state index is 0.319. The molecule has 1 aromatic carbocycles. The summed E-state index contributed by atoms with van der Waals surface area (Å²) in [5, 5.41) is 0. The highest BCUT2D eigenvalue weighted by molar-refractivity contribution is 9.10. The van der Waals surface area contributed by atoms with Gasteiger partial charge in [-0.05, 0) is 31.0 Å². The van der Waals surface area contributed by atoms with Crippen LogP contribution < -0.4 is 10.6 Å². The molecule has 0 bridgehead atoms. The predicted molar refractivity (Wildman–Crippen MR) is 84.6 cm³/mol. The highest BCUT2D eigenvalue weighted by Crippen LogP contribution is 2.23. The smallest absolute Gasteiger partial charge is 0.225 e. The van der Waals surface area contributed by atoms with E-state index in [0.717, 1.165) is 47.6 Å². The van der Waals surface area contributed by atoms with Crippen molar-refractivity contribution in [2.45, 2.75) is 18.9 Å². The van der Waals surface area contributed by atoms with Crippen LogP contribution >= 0.6 is 15.9 Å². The Bertz CT molecular complexity index is 594. The van der Waals surface area contributed by atoms with E-state index >= 15 is 0 Å². The number of benzene rings is 1. The van der Waals surface area contributed by atoms with Gasteiger partial charge in [0.1, 0.15) is 0 Å².